The van der Waals surface area contributed by atoms with Gasteiger partial charge in [0.05, 0.1) is 4.83 Å². The Labute approximate surface area is 84.1 Å². The van der Waals surface area contributed by atoms with E-state index in [2.05, 4.69) is 15.9 Å². The third kappa shape index (κ3) is 2.21. The summed E-state index contributed by atoms with van der Waals surface area (Å²) in [5.74, 6) is -0.631. The number of carbonyl (C=O) groups is 1. The Bertz CT molecular complexity index is 334. The van der Waals surface area contributed by atoms with Crippen molar-refractivity contribution in [1.29, 1.82) is 0 Å². The standard InChI is InChI=1S/C9H9BrO3/c1-5(10)9(13)6-2-3-7(11)8(12)4-6/h2-5,11-12H,1H3. The topological polar surface area (TPSA) is 57.5 Å². The fraction of sp³-hybridized carbons (Fsp3) is 0.222. The van der Waals surface area contributed by atoms with Crippen molar-refractivity contribution in [3.8, 4) is 11.5 Å². The van der Waals surface area contributed by atoms with Crippen molar-refractivity contribution in [3.63, 3.8) is 0 Å². The van der Waals surface area contributed by atoms with Crippen LogP contribution in [0.25, 0.3) is 0 Å². The lowest BCUT2D eigenvalue weighted by atomic mass is 10.1. The van der Waals surface area contributed by atoms with Gasteiger partial charge in [-0.05, 0) is 25.1 Å². The van der Waals surface area contributed by atoms with Gasteiger partial charge in [-0.15, -0.1) is 0 Å². The minimum Gasteiger partial charge on any atom is -0.504 e. The fourth-order valence-electron chi connectivity index (χ4n) is 0.906. The third-order valence-electron chi connectivity index (χ3n) is 1.62. The van der Waals surface area contributed by atoms with Crippen molar-refractivity contribution >= 4 is 21.7 Å². The molecule has 70 valence electrons. The summed E-state index contributed by atoms with van der Waals surface area (Å²) in [5, 5.41) is 18.1. The Kier molecular flexibility index (Phi) is 2.93. The number of carbonyl (C=O) groups excluding carboxylic acids is 1. The lowest BCUT2D eigenvalue weighted by molar-refractivity contribution is 0.0995. The molecule has 3 nitrogen and oxygen atoms in total. The third-order valence-corrected chi connectivity index (χ3v) is 2.04. The van der Waals surface area contributed by atoms with Gasteiger partial charge in [-0.3, -0.25) is 4.79 Å². The number of ketones is 1. The highest BCUT2D eigenvalue weighted by molar-refractivity contribution is 9.10. The Balaban J connectivity index is 3.04. The van der Waals surface area contributed by atoms with Gasteiger partial charge in [0, 0.05) is 5.56 Å². The van der Waals surface area contributed by atoms with E-state index in [9.17, 15) is 4.79 Å². The quantitative estimate of drug-likeness (QED) is 0.476. The zero-order valence-corrected chi connectivity index (χ0v) is 8.58. The van der Waals surface area contributed by atoms with Crippen molar-refractivity contribution in [3.05, 3.63) is 23.8 Å². The molecule has 1 aromatic carbocycles. The average Bonchev–Trinajstić information content (AvgIpc) is 2.08. The van der Waals surface area contributed by atoms with Crippen molar-refractivity contribution in [1.82, 2.24) is 0 Å². The Hall–Kier alpha value is -1.03. The molecule has 0 spiro atoms. The van der Waals surface area contributed by atoms with Crippen LogP contribution in [0, 0.1) is 0 Å². The summed E-state index contributed by atoms with van der Waals surface area (Å²) < 4.78 is 0. The van der Waals surface area contributed by atoms with E-state index >= 15 is 0 Å². The zero-order valence-electron chi connectivity index (χ0n) is 6.99. The van der Waals surface area contributed by atoms with Crippen LogP contribution in [-0.2, 0) is 0 Å². The molecule has 0 aliphatic rings. The summed E-state index contributed by atoms with van der Waals surface area (Å²) in [5.41, 5.74) is 0.375. The number of aromatic hydroxyl groups is 2. The van der Waals surface area contributed by atoms with E-state index in [0.717, 1.165) is 0 Å². The molecule has 4 heteroatoms. The van der Waals surface area contributed by atoms with Gasteiger partial charge in [0.2, 0.25) is 0 Å². The van der Waals surface area contributed by atoms with E-state index in [-0.39, 0.29) is 22.1 Å². The van der Waals surface area contributed by atoms with Gasteiger partial charge in [-0.25, -0.2) is 0 Å². The zero-order chi connectivity index (χ0) is 10.0. The molecule has 0 aliphatic carbocycles. The average molecular weight is 245 g/mol. The molecule has 0 bridgehead atoms. The first-order valence-corrected chi connectivity index (χ1v) is 4.64. The van der Waals surface area contributed by atoms with Crippen LogP contribution in [0.1, 0.15) is 17.3 Å². The number of phenols is 2. The molecule has 0 saturated carbocycles. The molecule has 1 aromatic rings. The first kappa shape index (κ1) is 10.1. The molecule has 0 amide bonds. The molecular weight excluding hydrogens is 236 g/mol. The highest BCUT2D eigenvalue weighted by Crippen LogP contribution is 2.25. The molecule has 0 aliphatic heterocycles. The van der Waals surface area contributed by atoms with Crippen LogP contribution in [0.4, 0.5) is 0 Å². The van der Waals surface area contributed by atoms with Crippen molar-refractivity contribution in [2.45, 2.75) is 11.8 Å². The van der Waals surface area contributed by atoms with Gasteiger partial charge in [0.25, 0.3) is 0 Å². The first-order chi connectivity index (χ1) is 6.02. The molecule has 1 atom stereocenters. The van der Waals surface area contributed by atoms with Crippen molar-refractivity contribution in [2.75, 3.05) is 0 Å². The van der Waals surface area contributed by atoms with Crippen LogP contribution >= 0.6 is 15.9 Å². The number of phenolic OH excluding ortho intramolecular Hbond substituents is 2. The predicted molar refractivity (Wildman–Crippen MR) is 52.5 cm³/mol. The molecule has 0 fully saturated rings. The molecule has 13 heavy (non-hydrogen) atoms. The van der Waals surface area contributed by atoms with Crippen molar-refractivity contribution < 1.29 is 15.0 Å². The maximum atomic E-state index is 11.4. The number of hydrogen-bond acceptors (Lipinski definition) is 3. The highest BCUT2D eigenvalue weighted by Gasteiger charge is 2.13. The summed E-state index contributed by atoms with van der Waals surface area (Å²) >= 11 is 3.13. The second-order valence-corrected chi connectivity index (χ2v) is 4.06. The van der Waals surface area contributed by atoms with Gasteiger partial charge < -0.3 is 10.2 Å². The van der Waals surface area contributed by atoms with E-state index in [1.165, 1.54) is 18.2 Å². The SMILES string of the molecule is CC(Br)C(=O)c1ccc(O)c(O)c1. The molecule has 2 N–H and O–H groups in total. The summed E-state index contributed by atoms with van der Waals surface area (Å²) in [4.78, 5) is 11.1. The maximum Gasteiger partial charge on any atom is 0.176 e. The fourth-order valence-corrected chi connectivity index (χ4v) is 1.17. The lowest BCUT2D eigenvalue weighted by Crippen LogP contribution is -2.09. The van der Waals surface area contributed by atoms with E-state index in [1.54, 1.807) is 6.92 Å². The molecular formula is C9H9BrO3. The van der Waals surface area contributed by atoms with E-state index in [1.807, 2.05) is 0 Å². The summed E-state index contributed by atoms with van der Waals surface area (Å²) in [6, 6.07) is 4.00. The number of alkyl halides is 1. The molecule has 1 rings (SSSR count). The smallest absolute Gasteiger partial charge is 0.176 e. The van der Waals surface area contributed by atoms with Crippen LogP contribution in [0.3, 0.4) is 0 Å². The van der Waals surface area contributed by atoms with Gasteiger partial charge in [-0.2, -0.15) is 0 Å². The molecule has 0 radical (unpaired) electrons. The van der Waals surface area contributed by atoms with E-state index in [0.29, 0.717) is 5.56 Å². The van der Waals surface area contributed by atoms with Gasteiger partial charge in [0.15, 0.2) is 17.3 Å². The molecule has 1 unspecified atom stereocenters. The number of Topliss-reactive ketones (excluding diaryl/α,β-unsaturated/α-hetero) is 1. The maximum absolute atomic E-state index is 11.4. The second-order valence-electron chi connectivity index (χ2n) is 2.68. The Morgan fingerprint density at radius 3 is 2.46 bits per heavy atom. The molecule has 0 aromatic heterocycles. The lowest BCUT2D eigenvalue weighted by Gasteiger charge is -2.03. The Morgan fingerprint density at radius 2 is 2.00 bits per heavy atom. The normalized spacial score (nSPS) is 12.5. The Morgan fingerprint density at radius 1 is 1.38 bits per heavy atom. The van der Waals surface area contributed by atoms with Gasteiger partial charge >= 0.3 is 0 Å². The van der Waals surface area contributed by atoms with Crippen LogP contribution in [0.2, 0.25) is 0 Å². The van der Waals surface area contributed by atoms with Crippen LogP contribution < -0.4 is 0 Å². The van der Waals surface area contributed by atoms with Crippen LogP contribution in [0.5, 0.6) is 11.5 Å². The van der Waals surface area contributed by atoms with Gasteiger partial charge in [0.1, 0.15) is 0 Å². The highest BCUT2D eigenvalue weighted by atomic mass is 79.9. The monoisotopic (exact) mass is 244 g/mol. The van der Waals surface area contributed by atoms with Crippen LogP contribution in [0.15, 0.2) is 18.2 Å². The molecule has 0 heterocycles. The molecule has 0 saturated heterocycles. The summed E-state index contributed by atoms with van der Waals surface area (Å²) in [7, 11) is 0. The van der Waals surface area contributed by atoms with Crippen LogP contribution in [-0.4, -0.2) is 20.8 Å². The first-order valence-electron chi connectivity index (χ1n) is 3.72. The number of hydrogen-bond donors (Lipinski definition) is 2. The number of benzene rings is 1. The van der Waals surface area contributed by atoms with E-state index in [4.69, 9.17) is 10.2 Å². The minimum atomic E-state index is -0.295. The number of rotatable bonds is 2. The number of halogens is 1. The summed E-state index contributed by atoms with van der Waals surface area (Å²) in [6.07, 6.45) is 0. The predicted octanol–water partition coefficient (Wildman–Crippen LogP) is 2.06. The largest absolute Gasteiger partial charge is 0.504 e. The minimum absolute atomic E-state index is 0.129. The van der Waals surface area contributed by atoms with Crippen molar-refractivity contribution in [2.24, 2.45) is 0 Å². The van der Waals surface area contributed by atoms with E-state index < -0.39 is 0 Å². The van der Waals surface area contributed by atoms with Gasteiger partial charge in [-0.1, -0.05) is 15.9 Å². The summed E-state index contributed by atoms with van der Waals surface area (Å²) in [6.45, 7) is 1.70. The second kappa shape index (κ2) is 3.79.